The molecule has 0 aliphatic heterocycles. The van der Waals surface area contributed by atoms with Gasteiger partial charge in [-0.25, -0.2) is 4.98 Å². The summed E-state index contributed by atoms with van der Waals surface area (Å²) in [5.41, 5.74) is 5.78. The lowest BCUT2D eigenvalue weighted by molar-refractivity contribution is -0.121. The minimum Gasteiger partial charge on any atom is -0.484 e. The van der Waals surface area contributed by atoms with Crippen LogP contribution in [0.4, 0.5) is 5.69 Å². The number of benzene rings is 3. The van der Waals surface area contributed by atoms with E-state index in [1.807, 2.05) is 49.4 Å². The number of oxazole rings is 1. The zero-order valence-electron chi connectivity index (χ0n) is 18.1. The summed E-state index contributed by atoms with van der Waals surface area (Å²) in [5.74, 6) is 0.938. The van der Waals surface area contributed by atoms with E-state index in [1.54, 1.807) is 12.1 Å². The minimum absolute atomic E-state index is 0.133. The predicted molar refractivity (Wildman–Crippen MR) is 137 cm³/mol. The Hall–Kier alpha value is -3.23. The number of rotatable bonds is 6. The van der Waals surface area contributed by atoms with E-state index < -0.39 is 0 Å². The van der Waals surface area contributed by atoms with Crippen LogP contribution in [0.3, 0.4) is 0 Å². The Morgan fingerprint density at radius 1 is 1.09 bits per heavy atom. The number of ether oxygens (including phenoxy) is 1. The molecule has 4 aromatic rings. The molecule has 0 saturated heterocycles. The number of hydrogen-bond acceptors (Lipinski definition) is 5. The standard InChI is InChI=1S/C25H22BrN3O3S/c1-15-11-16(2)24-21(12-15)28-23(32-24)13-17-3-7-19(8-4-17)27-25(33)29-22(30)14-31-20-9-5-18(26)6-10-20/h3-12H,13-14H2,1-2H3,(H2,27,29,30,33). The number of aryl methyl sites for hydroxylation is 2. The Morgan fingerprint density at radius 3 is 2.55 bits per heavy atom. The summed E-state index contributed by atoms with van der Waals surface area (Å²) in [6, 6.07) is 19.1. The predicted octanol–water partition coefficient (Wildman–Crippen LogP) is 5.69. The Balaban J connectivity index is 1.29. The van der Waals surface area contributed by atoms with Crippen molar-refractivity contribution in [1.82, 2.24) is 10.3 Å². The Labute approximate surface area is 205 Å². The molecule has 2 N–H and O–H groups in total. The van der Waals surface area contributed by atoms with Crippen LogP contribution in [0, 0.1) is 13.8 Å². The topological polar surface area (TPSA) is 76.4 Å². The highest BCUT2D eigenvalue weighted by Crippen LogP contribution is 2.23. The molecule has 8 heteroatoms. The molecule has 0 aliphatic carbocycles. The fourth-order valence-electron chi connectivity index (χ4n) is 3.38. The van der Waals surface area contributed by atoms with Crippen molar-refractivity contribution < 1.29 is 13.9 Å². The Bertz CT molecular complexity index is 1300. The van der Waals surface area contributed by atoms with Crippen molar-refractivity contribution in [3.63, 3.8) is 0 Å². The molecule has 0 bridgehead atoms. The third-order valence-corrected chi connectivity index (χ3v) is 5.60. The van der Waals surface area contributed by atoms with E-state index in [4.69, 9.17) is 21.4 Å². The Kier molecular flexibility index (Phi) is 7.05. The molecule has 0 atom stereocenters. The van der Waals surface area contributed by atoms with Crippen LogP contribution in [0.5, 0.6) is 5.75 Å². The summed E-state index contributed by atoms with van der Waals surface area (Å²) in [6.07, 6.45) is 0.585. The lowest BCUT2D eigenvalue weighted by Gasteiger charge is -2.11. The number of carbonyl (C=O) groups excluding carboxylic acids is 1. The first-order valence-corrected chi connectivity index (χ1v) is 11.5. The molecular formula is C25H22BrN3O3S. The maximum atomic E-state index is 12.1. The van der Waals surface area contributed by atoms with Gasteiger partial charge in [0.1, 0.15) is 11.3 Å². The molecule has 1 amide bonds. The van der Waals surface area contributed by atoms with Crippen LogP contribution in [0.25, 0.3) is 11.1 Å². The van der Waals surface area contributed by atoms with Crippen LogP contribution >= 0.6 is 28.1 Å². The average molecular weight is 524 g/mol. The number of nitrogens with zero attached hydrogens (tertiary/aromatic N) is 1. The lowest BCUT2D eigenvalue weighted by Crippen LogP contribution is -2.37. The van der Waals surface area contributed by atoms with E-state index in [1.165, 1.54) is 5.56 Å². The third kappa shape index (κ3) is 6.18. The number of carbonyl (C=O) groups is 1. The largest absolute Gasteiger partial charge is 0.484 e. The van der Waals surface area contributed by atoms with Gasteiger partial charge in [0.15, 0.2) is 23.2 Å². The van der Waals surface area contributed by atoms with Gasteiger partial charge in [-0.1, -0.05) is 34.1 Å². The van der Waals surface area contributed by atoms with E-state index in [-0.39, 0.29) is 17.6 Å². The SMILES string of the molecule is Cc1cc(C)c2oc(Cc3ccc(NC(=S)NC(=O)COc4ccc(Br)cc4)cc3)nc2c1. The quantitative estimate of drug-likeness (QED) is 0.316. The summed E-state index contributed by atoms with van der Waals surface area (Å²) in [5, 5.41) is 5.82. The highest BCUT2D eigenvalue weighted by molar-refractivity contribution is 9.10. The van der Waals surface area contributed by atoms with Crippen LogP contribution in [-0.2, 0) is 11.2 Å². The molecule has 0 saturated carbocycles. The Morgan fingerprint density at radius 2 is 1.82 bits per heavy atom. The minimum atomic E-state index is -0.339. The van der Waals surface area contributed by atoms with Gasteiger partial charge >= 0.3 is 0 Å². The molecule has 0 radical (unpaired) electrons. The number of halogens is 1. The van der Waals surface area contributed by atoms with Gasteiger partial charge in [0, 0.05) is 16.6 Å². The number of fused-ring (bicyclic) bond motifs is 1. The molecule has 0 spiro atoms. The second kappa shape index (κ2) is 10.1. The molecular weight excluding hydrogens is 502 g/mol. The molecule has 0 fully saturated rings. The van der Waals surface area contributed by atoms with E-state index in [9.17, 15) is 4.79 Å². The highest BCUT2D eigenvalue weighted by atomic mass is 79.9. The van der Waals surface area contributed by atoms with Crippen molar-refractivity contribution >= 4 is 56.0 Å². The third-order valence-electron chi connectivity index (χ3n) is 4.87. The molecule has 6 nitrogen and oxygen atoms in total. The molecule has 4 rings (SSSR count). The first kappa shape index (κ1) is 22.9. The molecule has 33 heavy (non-hydrogen) atoms. The molecule has 1 aromatic heterocycles. The number of hydrogen-bond donors (Lipinski definition) is 2. The first-order valence-electron chi connectivity index (χ1n) is 10.3. The number of aromatic nitrogens is 1. The normalized spacial score (nSPS) is 10.8. The smallest absolute Gasteiger partial charge is 0.264 e. The fourth-order valence-corrected chi connectivity index (χ4v) is 3.88. The van der Waals surface area contributed by atoms with Gasteiger partial charge in [-0.05, 0) is 85.2 Å². The number of nitrogens with one attached hydrogen (secondary N) is 2. The lowest BCUT2D eigenvalue weighted by atomic mass is 10.1. The van der Waals surface area contributed by atoms with Crippen LogP contribution in [0.15, 0.2) is 69.6 Å². The molecule has 168 valence electrons. The highest BCUT2D eigenvalue weighted by Gasteiger charge is 2.10. The van der Waals surface area contributed by atoms with Gasteiger partial charge in [0.25, 0.3) is 5.91 Å². The second-order valence-electron chi connectivity index (χ2n) is 7.66. The van der Waals surface area contributed by atoms with Crippen molar-refractivity contribution in [1.29, 1.82) is 0 Å². The second-order valence-corrected chi connectivity index (χ2v) is 8.98. The zero-order valence-corrected chi connectivity index (χ0v) is 20.5. The summed E-state index contributed by atoms with van der Waals surface area (Å²) >= 11 is 8.58. The maximum Gasteiger partial charge on any atom is 0.264 e. The monoisotopic (exact) mass is 523 g/mol. The van der Waals surface area contributed by atoms with Crippen molar-refractivity contribution in [2.45, 2.75) is 20.3 Å². The van der Waals surface area contributed by atoms with Gasteiger partial charge < -0.3 is 14.5 Å². The van der Waals surface area contributed by atoms with Crippen LogP contribution in [-0.4, -0.2) is 22.6 Å². The number of thiocarbonyl (C=S) groups is 1. The van der Waals surface area contributed by atoms with Crippen molar-refractivity contribution in [2.24, 2.45) is 0 Å². The van der Waals surface area contributed by atoms with E-state index in [2.05, 4.69) is 44.5 Å². The molecule has 0 aliphatic rings. The summed E-state index contributed by atoms with van der Waals surface area (Å²) < 4.78 is 12.3. The molecule has 0 unspecified atom stereocenters. The van der Waals surface area contributed by atoms with Gasteiger partial charge in [-0.2, -0.15) is 0 Å². The summed E-state index contributed by atoms with van der Waals surface area (Å²) in [4.78, 5) is 16.7. The fraction of sp³-hybridized carbons (Fsp3) is 0.160. The summed E-state index contributed by atoms with van der Waals surface area (Å²) in [7, 11) is 0. The van der Waals surface area contributed by atoms with Crippen molar-refractivity contribution in [2.75, 3.05) is 11.9 Å². The van der Waals surface area contributed by atoms with Crippen LogP contribution < -0.4 is 15.4 Å². The van der Waals surface area contributed by atoms with Crippen LogP contribution in [0.1, 0.15) is 22.6 Å². The number of amides is 1. The van der Waals surface area contributed by atoms with Gasteiger partial charge in [-0.15, -0.1) is 0 Å². The van der Waals surface area contributed by atoms with Gasteiger partial charge in [0.05, 0.1) is 0 Å². The zero-order chi connectivity index (χ0) is 23.4. The maximum absolute atomic E-state index is 12.1. The van der Waals surface area contributed by atoms with Gasteiger partial charge in [-0.3, -0.25) is 10.1 Å². The van der Waals surface area contributed by atoms with Crippen LogP contribution in [0.2, 0.25) is 0 Å². The van der Waals surface area contributed by atoms with E-state index in [0.29, 0.717) is 18.1 Å². The first-order chi connectivity index (χ1) is 15.9. The van der Waals surface area contributed by atoms with E-state index in [0.717, 1.165) is 32.4 Å². The molecule has 1 heterocycles. The van der Waals surface area contributed by atoms with Crippen molar-refractivity contribution in [3.05, 3.63) is 87.7 Å². The van der Waals surface area contributed by atoms with E-state index >= 15 is 0 Å². The molecule has 3 aromatic carbocycles. The summed E-state index contributed by atoms with van der Waals surface area (Å²) in [6.45, 7) is 3.94. The number of anilines is 1. The van der Waals surface area contributed by atoms with Crippen molar-refractivity contribution in [3.8, 4) is 5.75 Å². The average Bonchev–Trinajstić information content (AvgIpc) is 3.17. The van der Waals surface area contributed by atoms with Gasteiger partial charge in [0.2, 0.25) is 0 Å².